The monoisotopic (exact) mass is 348 g/mol. The number of nitrogens with one attached hydrogen (secondary N) is 1. The van der Waals surface area contributed by atoms with Crippen LogP contribution in [-0.4, -0.2) is 28.6 Å². The Balaban J connectivity index is 1.66. The molecule has 128 valence electrons. The van der Waals surface area contributed by atoms with Crippen molar-refractivity contribution in [2.45, 2.75) is 38.3 Å². The van der Waals surface area contributed by atoms with Gasteiger partial charge in [0.15, 0.2) is 0 Å². The van der Waals surface area contributed by atoms with Crippen molar-refractivity contribution in [1.29, 1.82) is 0 Å². The molecular weight excluding hydrogens is 328 g/mol. The number of nitrogens with zero attached hydrogens (tertiary/aromatic N) is 1. The van der Waals surface area contributed by atoms with E-state index in [9.17, 15) is 9.90 Å². The van der Waals surface area contributed by atoms with Gasteiger partial charge in [0.1, 0.15) is 11.9 Å². The molecule has 0 aliphatic carbocycles. The molecule has 1 aromatic carbocycles. The van der Waals surface area contributed by atoms with Crippen LogP contribution < -0.4 is 5.32 Å². The maximum atomic E-state index is 12.6. The second-order valence-electron chi connectivity index (χ2n) is 6.10. The van der Waals surface area contributed by atoms with Gasteiger partial charge < -0.3 is 19.7 Å². The molecule has 2 unspecified atom stereocenters. The van der Waals surface area contributed by atoms with Crippen LogP contribution in [0.2, 0.25) is 5.02 Å². The summed E-state index contributed by atoms with van der Waals surface area (Å²) in [5.41, 5.74) is 1.56. The molecule has 6 heteroatoms. The molecule has 5 nitrogen and oxygen atoms in total. The first-order valence-corrected chi connectivity index (χ1v) is 8.48. The lowest BCUT2D eigenvalue weighted by atomic mass is 10.1. The molecule has 1 aliphatic rings. The number of anilines is 1. The summed E-state index contributed by atoms with van der Waals surface area (Å²) in [5.74, 6) is 0.535. The topological polar surface area (TPSA) is 65.7 Å². The number of urea groups is 1. The third-order valence-electron chi connectivity index (χ3n) is 4.51. The van der Waals surface area contributed by atoms with Crippen molar-refractivity contribution in [1.82, 2.24) is 4.90 Å². The van der Waals surface area contributed by atoms with Crippen LogP contribution in [0.5, 0.6) is 0 Å². The SMILES string of the molecule is Cc1c(Cl)cccc1NC(=O)N1CCCC1CC(O)c1ccco1. The minimum absolute atomic E-state index is 0.00964. The Morgan fingerprint density at radius 3 is 3.04 bits per heavy atom. The number of carbonyl (C=O) groups excluding carboxylic acids is 1. The summed E-state index contributed by atoms with van der Waals surface area (Å²) in [4.78, 5) is 14.4. The minimum Gasteiger partial charge on any atom is -0.467 e. The lowest BCUT2D eigenvalue weighted by Gasteiger charge is -2.26. The largest absolute Gasteiger partial charge is 0.467 e. The first kappa shape index (κ1) is 16.9. The molecule has 0 radical (unpaired) electrons. The predicted molar refractivity (Wildman–Crippen MR) is 93.2 cm³/mol. The molecule has 0 spiro atoms. The summed E-state index contributed by atoms with van der Waals surface area (Å²) in [6.45, 7) is 2.56. The number of carbonyl (C=O) groups is 1. The summed E-state index contributed by atoms with van der Waals surface area (Å²) in [6, 6.07) is 8.78. The van der Waals surface area contributed by atoms with E-state index in [0.717, 1.165) is 18.4 Å². The molecule has 0 saturated carbocycles. The van der Waals surface area contributed by atoms with Crippen molar-refractivity contribution < 1.29 is 14.3 Å². The maximum absolute atomic E-state index is 12.6. The van der Waals surface area contributed by atoms with Crippen molar-refractivity contribution in [3.63, 3.8) is 0 Å². The van der Waals surface area contributed by atoms with Crippen molar-refractivity contribution in [3.8, 4) is 0 Å². The van der Waals surface area contributed by atoms with Crippen LogP contribution >= 0.6 is 11.6 Å². The third kappa shape index (κ3) is 3.57. The molecule has 2 N–H and O–H groups in total. The van der Waals surface area contributed by atoms with E-state index < -0.39 is 6.10 Å². The van der Waals surface area contributed by atoms with Crippen molar-refractivity contribution in [2.24, 2.45) is 0 Å². The van der Waals surface area contributed by atoms with Gasteiger partial charge in [0.05, 0.1) is 6.26 Å². The second-order valence-corrected chi connectivity index (χ2v) is 6.51. The summed E-state index contributed by atoms with van der Waals surface area (Å²) in [7, 11) is 0. The maximum Gasteiger partial charge on any atom is 0.322 e. The Bertz CT molecular complexity index is 702. The van der Waals surface area contributed by atoms with Crippen LogP contribution in [0.4, 0.5) is 10.5 Å². The van der Waals surface area contributed by atoms with Gasteiger partial charge in [-0.1, -0.05) is 17.7 Å². The fraction of sp³-hybridized carbons (Fsp3) is 0.389. The van der Waals surface area contributed by atoms with Crippen LogP contribution in [0, 0.1) is 6.92 Å². The first-order chi connectivity index (χ1) is 11.6. The summed E-state index contributed by atoms with van der Waals surface area (Å²) >= 11 is 6.10. The van der Waals surface area contributed by atoms with Crippen LogP contribution in [0.1, 0.15) is 36.7 Å². The van der Waals surface area contributed by atoms with E-state index in [0.29, 0.717) is 29.4 Å². The van der Waals surface area contributed by atoms with E-state index >= 15 is 0 Å². The van der Waals surface area contributed by atoms with Gasteiger partial charge in [0, 0.05) is 29.7 Å². The Labute approximate surface area is 146 Å². The molecule has 0 bridgehead atoms. The molecule has 2 atom stereocenters. The standard InChI is InChI=1S/C18H21ClN2O3/c1-12-14(19)6-2-7-15(12)20-18(23)21-9-3-5-13(21)11-16(22)17-8-4-10-24-17/h2,4,6-8,10,13,16,22H,3,5,9,11H2,1H3,(H,20,23). The molecule has 2 amide bonds. The first-order valence-electron chi connectivity index (χ1n) is 8.10. The number of benzene rings is 1. The Morgan fingerprint density at radius 2 is 2.29 bits per heavy atom. The molecular formula is C18H21ClN2O3. The highest BCUT2D eigenvalue weighted by Crippen LogP contribution is 2.29. The van der Waals surface area contributed by atoms with E-state index in [1.165, 1.54) is 0 Å². The lowest BCUT2D eigenvalue weighted by Crippen LogP contribution is -2.39. The van der Waals surface area contributed by atoms with Crippen LogP contribution in [0.25, 0.3) is 0 Å². The number of hydrogen-bond donors (Lipinski definition) is 2. The summed E-state index contributed by atoms with van der Waals surface area (Å²) in [6.07, 6.45) is 3.11. The molecule has 24 heavy (non-hydrogen) atoms. The molecule has 2 heterocycles. The Kier molecular flexibility index (Phi) is 5.11. The number of furan rings is 1. The van der Waals surface area contributed by atoms with Crippen molar-refractivity contribution in [2.75, 3.05) is 11.9 Å². The number of amides is 2. The highest BCUT2D eigenvalue weighted by atomic mass is 35.5. The van der Waals surface area contributed by atoms with Gasteiger partial charge in [-0.05, 0) is 49.6 Å². The van der Waals surface area contributed by atoms with Crippen molar-refractivity contribution >= 4 is 23.3 Å². The quantitative estimate of drug-likeness (QED) is 0.862. The normalized spacial score (nSPS) is 18.6. The summed E-state index contributed by atoms with van der Waals surface area (Å²) < 4.78 is 5.24. The lowest BCUT2D eigenvalue weighted by molar-refractivity contribution is 0.110. The fourth-order valence-electron chi connectivity index (χ4n) is 3.13. The van der Waals surface area contributed by atoms with Crippen LogP contribution in [0.15, 0.2) is 41.0 Å². The van der Waals surface area contributed by atoms with E-state index in [-0.39, 0.29) is 12.1 Å². The van der Waals surface area contributed by atoms with Gasteiger partial charge in [0.2, 0.25) is 0 Å². The zero-order valence-corrected chi connectivity index (χ0v) is 14.3. The number of likely N-dealkylation sites (tertiary alicyclic amines) is 1. The average Bonchev–Trinajstić information content (AvgIpc) is 3.23. The highest BCUT2D eigenvalue weighted by molar-refractivity contribution is 6.31. The van der Waals surface area contributed by atoms with Gasteiger partial charge in [-0.15, -0.1) is 0 Å². The Hall–Kier alpha value is -1.98. The Morgan fingerprint density at radius 1 is 1.46 bits per heavy atom. The molecule has 3 rings (SSSR count). The van der Waals surface area contributed by atoms with Crippen molar-refractivity contribution in [3.05, 3.63) is 52.9 Å². The van der Waals surface area contributed by atoms with Gasteiger partial charge in [-0.3, -0.25) is 0 Å². The molecule has 1 saturated heterocycles. The number of halogens is 1. The molecule has 2 aromatic rings. The van der Waals surface area contributed by atoms with Crippen LogP contribution in [0.3, 0.4) is 0 Å². The number of rotatable bonds is 4. The van der Waals surface area contributed by atoms with Gasteiger partial charge in [0.25, 0.3) is 0 Å². The molecule has 1 aromatic heterocycles. The van der Waals surface area contributed by atoms with E-state index in [1.54, 1.807) is 29.4 Å². The van der Waals surface area contributed by atoms with E-state index in [2.05, 4.69) is 5.32 Å². The fourth-order valence-corrected chi connectivity index (χ4v) is 3.31. The summed E-state index contributed by atoms with van der Waals surface area (Å²) in [5, 5.41) is 13.8. The smallest absolute Gasteiger partial charge is 0.322 e. The predicted octanol–water partition coefficient (Wildman–Crippen LogP) is 4.36. The number of hydrogen-bond acceptors (Lipinski definition) is 3. The van der Waals surface area contributed by atoms with Gasteiger partial charge >= 0.3 is 6.03 Å². The third-order valence-corrected chi connectivity index (χ3v) is 4.92. The zero-order valence-electron chi connectivity index (χ0n) is 13.5. The number of aliphatic hydroxyl groups is 1. The molecule has 1 aliphatic heterocycles. The zero-order chi connectivity index (χ0) is 17.1. The molecule has 1 fully saturated rings. The van der Waals surface area contributed by atoms with E-state index in [1.807, 2.05) is 19.1 Å². The van der Waals surface area contributed by atoms with E-state index in [4.69, 9.17) is 16.0 Å². The van der Waals surface area contributed by atoms with Gasteiger partial charge in [-0.2, -0.15) is 0 Å². The second kappa shape index (κ2) is 7.28. The number of aliphatic hydroxyl groups excluding tert-OH is 1. The minimum atomic E-state index is -0.702. The van der Waals surface area contributed by atoms with Gasteiger partial charge in [-0.25, -0.2) is 4.79 Å². The van der Waals surface area contributed by atoms with Crippen LogP contribution in [-0.2, 0) is 0 Å². The average molecular weight is 349 g/mol. The highest BCUT2D eigenvalue weighted by Gasteiger charge is 2.31.